The molecule has 1 unspecified atom stereocenters. The number of methoxy groups -OCH3 is 1. The number of amides is 2. The van der Waals surface area contributed by atoms with E-state index in [4.69, 9.17) is 4.74 Å². The van der Waals surface area contributed by atoms with Crippen LogP contribution in [0, 0.1) is 6.92 Å². The monoisotopic (exact) mass is 551 g/mol. The van der Waals surface area contributed by atoms with Gasteiger partial charge in [-0.15, -0.1) is 0 Å². The molecule has 1 atom stereocenters. The molecule has 0 aliphatic rings. The van der Waals surface area contributed by atoms with Gasteiger partial charge in [-0.05, 0) is 62.2 Å². The average molecular weight is 552 g/mol. The second kappa shape index (κ2) is 13.8. The minimum atomic E-state index is -4.10. The van der Waals surface area contributed by atoms with Crippen LogP contribution < -0.4 is 14.4 Å². The molecular formula is C30H37N3O5S. The van der Waals surface area contributed by atoms with Gasteiger partial charge in [0.25, 0.3) is 10.0 Å². The Hall–Kier alpha value is -3.85. The number of benzene rings is 3. The first kappa shape index (κ1) is 29.7. The van der Waals surface area contributed by atoms with E-state index in [1.165, 1.54) is 24.1 Å². The van der Waals surface area contributed by atoms with Crippen molar-refractivity contribution in [3.05, 3.63) is 90.0 Å². The summed E-state index contributed by atoms with van der Waals surface area (Å²) in [6.45, 7) is 5.83. The molecule has 39 heavy (non-hydrogen) atoms. The zero-order chi connectivity index (χ0) is 28.4. The summed E-state index contributed by atoms with van der Waals surface area (Å²) in [7, 11) is -2.58. The van der Waals surface area contributed by atoms with Gasteiger partial charge in [0, 0.05) is 13.1 Å². The van der Waals surface area contributed by atoms with Crippen molar-refractivity contribution in [1.82, 2.24) is 10.2 Å². The number of nitrogens with zero attached hydrogens (tertiary/aromatic N) is 2. The van der Waals surface area contributed by atoms with Gasteiger partial charge in [-0.2, -0.15) is 0 Å². The lowest BCUT2D eigenvalue weighted by molar-refractivity contribution is -0.139. The maximum Gasteiger partial charge on any atom is 0.264 e. The molecule has 1 N–H and O–H groups in total. The highest BCUT2D eigenvalue weighted by atomic mass is 32.2. The Kier molecular flexibility index (Phi) is 10.5. The number of carbonyl (C=O) groups is 2. The smallest absolute Gasteiger partial charge is 0.264 e. The molecular weight excluding hydrogens is 514 g/mol. The van der Waals surface area contributed by atoms with Crippen LogP contribution in [0.3, 0.4) is 0 Å². The third-order valence-electron chi connectivity index (χ3n) is 6.40. The SMILES string of the molecule is CCCCNC(=O)C(C)N(Cc1cccc(C)c1)C(=O)CN(c1ccc(OC)cc1)S(=O)(=O)c1ccccc1. The van der Waals surface area contributed by atoms with Crippen molar-refractivity contribution in [3.8, 4) is 5.75 Å². The second-order valence-electron chi connectivity index (χ2n) is 9.35. The van der Waals surface area contributed by atoms with Crippen molar-refractivity contribution in [1.29, 1.82) is 0 Å². The quantitative estimate of drug-likeness (QED) is 0.315. The van der Waals surface area contributed by atoms with Gasteiger partial charge in [0.1, 0.15) is 18.3 Å². The Morgan fingerprint density at radius 3 is 2.28 bits per heavy atom. The van der Waals surface area contributed by atoms with Gasteiger partial charge < -0.3 is 15.0 Å². The van der Waals surface area contributed by atoms with Gasteiger partial charge in [0.15, 0.2) is 0 Å². The highest BCUT2D eigenvalue weighted by Gasteiger charge is 2.32. The summed E-state index contributed by atoms with van der Waals surface area (Å²) in [6, 6.07) is 21.3. The predicted octanol–water partition coefficient (Wildman–Crippen LogP) is 4.53. The molecule has 0 saturated carbocycles. The third-order valence-corrected chi connectivity index (χ3v) is 8.19. The standard InChI is InChI=1S/C30H37N3O5S/c1-5-6-19-31-30(35)24(3)32(21-25-12-10-11-23(2)20-25)29(34)22-33(26-15-17-27(38-4)18-16-26)39(36,37)28-13-8-7-9-14-28/h7-18,20,24H,5-6,19,21-22H2,1-4H3,(H,31,35). The summed E-state index contributed by atoms with van der Waals surface area (Å²) >= 11 is 0. The van der Waals surface area contributed by atoms with E-state index in [-0.39, 0.29) is 17.3 Å². The van der Waals surface area contributed by atoms with Crippen LogP contribution in [0.15, 0.2) is 83.8 Å². The number of anilines is 1. The first-order chi connectivity index (χ1) is 18.7. The van der Waals surface area contributed by atoms with Crippen LogP contribution in [0.5, 0.6) is 5.75 Å². The van der Waals surface area contributed by atoms with Crippen molar-refractivity contribution in [3.63, 3.8) is 0 Å². The number of sulfonamides is 1. The lowest BCUT2D eigenvalue weighted by Crippen LogP contribution is -2.51. The van der Waals surface area contributed by atoms with Crippen LogP contribution >= 0.6 is 0 Å². The average Bonchev–Trinajstić information content (AvgIpc) is 2.94. The van der Waals surface area contributed by atoms with Gasteiger partial charge in [0.2, 0.25) is 11.8 Å². The van der Waals surface area contributed by atoms with E-state index in [1.807, 2.05) is 38.1 Å². The molecule has 0 aliphatic carbocycles. The van der Waals surface area contributed by atoms with Gasteiger partial charge in [-0.25, -0.2) is 8.42 Å². The van der Waals surface area contributed by atoms with Gasteiger partial charge in [0.05, 0.1) is 17.7 Å². The highest BCUT2D eigenvalue weighted by Crippen LogP contribution is 2.26. The van der Waals surface area contributed by atoms with Crippen LogP contribution in [0.25, 0.3) is 0 Å². The van der Waals surface area contributed by atoms with Crippen LogP contribution in [-0.2, 0) is 26.2 Å². The molecule has 208 valence electrons. The topological polar surface area (TPSA) is 96.0 Å². The Morgan fingerprint density at radius 2 is 1.67 bits per heavy atom. The maximum absolute atomic E-state index is 13.9. The van der Waals surface area contributed by atoms with E-state index in [1.54, 1.807) is 49.4 Å². The molecule has 2 amide bonds. The number of hydrogen-bond acceptors (Lipinski definition) is 5. The molecule has 3 aromatic rings. The van der Waals surface area contributed by atoms with Gasteiger partial charge in [-0.1, -0.05) is 61.4 Å². The van der Waals surface area contributed by atoms with Crippen LogP contribution in [0.4, 0.5) is 5.69 Å². The van der Waals surface area contributed by atoms with Crippen molar-refractivity contribution < 1.29 is 22.7 Å². The molecule has 0 aromatic heterocycles. The van der Waals surface area contributed by atoms with Crippen LogP contribution in [0.1, 0.15) is 37.8 Å². The van der Waals surface area contributed by atoms with E-state index in [0.717, 1.165) is 28.3 Å². The number of hydrogen-bond donors (Lipinski definition) is 1. The summed E-state index contributed by atoms with van der Waals surface area (Å²) in [5.41, 5.74) is 2.17. The molecule has 3 rings (SSSR count). The highest BCUT2D eigenvalue weighted by molar-refractivity contribution is 7.92. The predicted molar refractivity (Wildman–Crippen MR) is 153 cm³/mol. The number of aryl methyl sites for hydroxylation is 1. The molecule has 9 heteroatoms. The number of carbonyl (C=O) groups excluding carboxylic acids is 2. The molecule has 0 radical (unpaired) electrons. The summed E-state index contributed by atoms with van der Waals surface area (Å²) in [4.78, 5) is 28.4. The fraction of sp³-hybridized carbons (Fsp3) is 0.333. The van der Waals surface area contributed by atoms with Crippen molar-refractivity contribution in [2.45, 2.75) is 51.1 Å². The zero-order valence-electron chi connectivity index (χ0n) is 23.0. The van der Waals surface area contributed by atoms with Crippen molar-refractivity contribution >= 4 is 27.5 Å². The molecule has 0 aliphatic heterocycles. The Bertz CT molecular complexity index is 1340. The zero-order valence-corrected chi connectivity index (χ0v) is 23.8. The van der Waals surface area contributed by atoms with Crippen LogP contribution in [0.2, 0.25) is 0 Å². The fourth-order valence-electron chi connectivity index (χ4n) is 4.12. The van der Waals surface area contributed by atoms with Crippen molar-refractivity contribution in [2.24, 2.45) is 0 Å². The lowest BCUT2D eigenvalue weighted by atomic mass is 10.1. The fourth-order valence-corrected chi connectivity index (χ4v) is 5.56. The summed E-state index contributed by atoms with van der Waals surface area (Å²) in [6.07, 6.45) is 1.75. The molecule has 3 aromatic carbocycles. The summed E-state index contributed by atoms with van der Waals surface area (Å²) < 4.78 is 33.8. The van der Waals surface area contributed by atoms with Crippen molar-refractivity contribution in [2.75, 3.05) is 24.5 Å². The normalized spacial score (nSPS) is 11.9. The lowest BCUT2D eigenvalue weighted by Gasteiger charge is -2.32. The van der Waals surface area contributed by atoms with E-state index in [2.05, 4.69) is 5.32 Å². The second-order valence-corrected chi connectivity index (χ2v) is 11.2. The number of unbranched alkanes of at least 4 members (excludes halogenated alkanes) is 1. The summed E-state index contributed by atoms with van der Waals surface area (Å²) in [5.74, 6) is -0.225. The Labute approximate surface area is 231 Å². The van der Waals surface area contributed by atoms with Gasteiger partial charge in [-0.3, -0.25) is 13.9 Å². The Balaban J connectivity index is 1.99. The van der Waals surface area contributed by atoms with Crippen LogP contribution in [-0.4, -0.2) is 51.4 Å². The number of nitrogens with one attached hydrogen (secondary N) is 1. The van der Waals surface area contributed by atoms with E-state index in [0.29, 0.717) is 18.0 Å². The Morgan fingerprint density at radius 1 is 0.974 bits per heavy atom. The van der Waals surface area contributed by atoms with E-state index in [9.17, 15) is 18.0 Å². The first-order valence-corrected chi connectivity index (χ1v) is 14.5. The molecule has 0 fully saturated rings. The third kappa shape index (κ3) is 7.83. The molecule has 0 heterocycles. The summed E-state index contributed by atoms with van der Waals surface area (Å²) in [5, 5.41) is 2.89. The molecule has 0 spiro atoms. The largest absolute Gasteiger partial charge is 0.497 e. The van der Waals surface area contributed by atoms with E-state index < -0.39 is 28.5 Å². The maximum atomic E-state index is 13.9. The van der Waals surface area contributed by atoms with E-state index >= 15 is 0 Å². The minimum absolute atomic E-state index is 0.0595. The van der Waals surface area contributed by atoms with Gasteiger partial charge >= 0.3 is 0 Å². The molecule has 8 nitrogen and oxygen atoms in total. The molecule has 0 saturated heterocycles. The number of rotatable bonds is 13. The molecule has 0 bridgehead atoms. The minimum Gasteiger partial charge on any atom is -0.497 e. The number of ether oxygens (including phenoxy) is 1. The first-order valence-electron chi connectivity index (χ1n) is 13.0.